The molecule has 2 aromatic heterocycles. The topological polar surface area (TPSA) is 91.1 Å². The monoisotopic (exact) mass is 367 g/mol. The van der Waals surface area contributed by atoms with Crippen LogP contribution in [0.4, 0.5) is 23.0 Å². The Balaban J connectivity index is 1.89. The summed E-state index contributed by atoms with van der Waals surface area (Å²) in [7, 11) is 0. The van der Waals surface area contributed by atoms with Crippen LogP contribution in [-0.2, 0) is 0 Å². The molecule has 0 amide bonds. The molecule has 2 heterocycles. The van der Waals surface area contributed by atoms with Gasteiger partial charge in [-0.2, -0.15) is 5.10 Å². The molecule has 0 bridgehead atoms. The van der Waals surface area contributed by atoms with Gasteiger partial charge in [0, 0.05) is 17.1 Å². The number of phenolic OH excluding ortho intramolecular Hbond substituents is 1. The van der Waals surface area contributed by atoms with Gasteiger partial charge in [0.2, 0.25) is 0 Å². The van der Waals surface area contributed by atoms with Crippen molar-refractivity contribution < 1.29 is 5.11 Å². The summed E-state index contributed by atoms with van der Waals surface area (Å²) < 4.78 is 0. The molecule has 3 aromatic carbocycles. The van der Waals surface area contributed by atoms with E-state index < -0.39 is 0 Å². The van der Waals surface area contributed by atoms with E-state index in [-0.39, 0.29) is 5.75 Å². The lowest BCUT2D eigenvalue weighted by Gasteiger charge is -2.25. The van der Waals surface area contributed by atoms with Crippen molar-refractivity contribution in [2.45, 2.75) is 0 Å². The maximum absolute atomic E-state index is 10.1. The lowest BCUT2D eigenvalue weighted by Crippen LogP contribution is -2.12. The number of nitrogens with zero attached hydrogens (tertiary/aromatic N) is 3. The summed E-state index contributed by atoms with van der Waals surface area (Å²) in [6.07, 6.45) is 0. The fraction of sp³-hybridized carbons (Fsp3) is 0. The van der Waals surface area contributed by atoms with Gasteiger partial charge in [0.25, 0.3) is 0 Å². The molecule has 5 rings (SSSR count). The van der Waals surface area contributed by atoms with Crippen LogP contribution in [0.2, 0.25) is 0 Å². The average molecular weight is 367 g/mol. The van der Waals surface area contributed by atoms with Crippen molar-refractivity contribution >= 4 is 44.8 Å². The van der Waals surface area contributed by atoms with Gasteiger partial charge in [-0.1, -0.05) is 42.5 Å². The van der Waals surface area contributed by atoms with E-state index in [4.69, 9.17) is 10.7 Å². The molecule has 0 atom stereocenters. The molecule has 0 unspecified atom stereocenters. The van der Waals surface area contributed by atoms with Crippen LogP contribution in [0.25, 0.3) is 21.8 Å². The van der Waals surface area contributed by atoms with Gasteiger partial charge >= 0.3 is 0 Å². The molecule has 4 N–H and O–H groups in total. The molecule has 0 aliphatic rings. The summed E-state index contributed by atoms with van der Waals surface area (Å²) in [5, 5.41) is 19.0. The van der Waals surface area contributed by atoms with Crippen molar-refractivity contribution in [1.29, 1.82) is 0 Å². The van der Waals surface area contributed by atoms with Crippen molar-refractivity contribution in [1.82, 2.24) is 15.2 Å². The summed E-state index contributed by atoms with van der Waals surface area (Å²) in [5.74, 6) is 1.21. The Morgan fingerprint density at radius 2 is 1.61 bits per heavy atom. The van der Waals surface area contributed by atoms with Crippen molar-refractivity contribution in [2.24, 2.45) is 0 Å². The number of aromatic hydroxyl groups is 1. The average Bonchev–Trinajstić information content (AvgIpc) is 3.11. The van der Waals surface area contributed by atoms with E-state index in [9.17, 15) is 5.11 Å². The van der Waals surface area contributed by atoms with Crippen LogP contribution >= 0.6 is 0 Å². The first kappa shape index (κ1) is 16.1. The molecule has 0 aliphatic carbocycles. The van der Waals surface area contributed by atoms with Crippen LogP contribution < -0.4 is 10.6 Å². The number of pyridine rings is 1. The van der Waals surface area contributed by atoms with Gasteiger partial charge in [0.1, 0.15) is 5.75 Å². The zero-order valence-corrected chi connectivity index (χ0v) is 14.9. The molecule has 0 spiro atoms. The summed E-state index contributed by atoms with van der Waals surface area (Å²) in [5.41, 5.74) is 9.57. The third-order valence-electron chi connectivity index (χ3n) is 4.73. The maximum Gasteiger partial charge on any atom is 0.156 e. The number of nitrogen functional groups attached to an aromatic ring is 1. The Labute approximate surface area is 160 Å². The van der Waals surface area contributed by atoms with Crippen LogP contribution in [0.15, 0.2) is 78.9 Å². The number of anilines is 4. The Morgan fingerprint density at radius 1 is 0.857 bits per heavy atom. The van der Waals surface area contributed by atoms with E-state index in [0.717, 1.165) is 33.2 Å². The normalized spacial score (nSPS) is 11.1. The number of benzene rings is 3. The first-order valence-electron chi connectivity index (χ1n) is 8.89. The maximum atomic E-state index is 10.1. The highest BCUT2D eigenvalue weighted by Crippen LogP contribution is 2.41. The first-order chi connectivity index (χ1) is 13.7. The van der Waals surface area contributed by atoms with E-state index in [1.165, 1.54) is 0 Å². The minimum atomic E-state index is 0.177. The van der Waals surface area contributed by atoms with Crippen molar-refractivity contribution in [3.63, 3.8) is 0 Å². The number of aromatic nitrogens is 3. The predicted octanol–water partition coefficient (Wildman–Crippen LogP) is 4.87. The van der Waals surface area contributed by atoms with E-state index >= 15 is 0 Å². The Morgan fingerprint density at radius 3 is 2.43 bits per heavy atom. The number of hydrogen-bond donors (Lipinski definition) is 3. The number of fused-ring (bicyclic) bond motifs is 3. The molecule has 136 valence electrons. The highest BCUT2D eigenvalue weighted by atomic mass is 16.3. The van der Waals surface area contributed by atoms with E-state index in [0.29, 0.717) is 11.6 Å². The smallest absolute Gasteiger partial charge is 0.156 e. The largest absolute Gasteiger partial charge is 0.508 e. The molecule has 0 fully saturated rings. The van der Waals surface area contributed by atoms with Gasteiger partial charge in [-0.15, -0.1) is 0 Å². The zero-order valence-electron chi connectivity index (χ0n) is 14.9. The summed E-state index contributed by atoms with van der Waals surface area (Å²) >= 11 is 0. The standard InChI is InChI=1S/C22H17N5O/c23-21-19-20(25-26-21)17-11-4-5-12-18(17)24-22(19)27(14-7-2-1-3-8-14)15-9-6-10-16(28)13-15/h1-13,28H,(H3,23,25,26). The van der Waals surface area contributed by atoms with E-state index in [1.54, 1.807) is 18.2 Å². The molecular weight excluding hydrogens is 350 g/mol. The van der Waals surface area contributed by atoms with Crippen molar-refractivity contribution in [2.75, 3.05) is 10.6 Å². The number of H-pyrrole nitrogens is 1. The number of para-hydroxylation sites is 2. The molecule has 28 heavy (non-hydrogen) atoms. The first-order valence-corrected chi connectivity index (χ1v) is 8.89. The molecule has 0 aliphatic heterocycles. The van der Waals surface area contributed by atoms with E-state index in [1.807, 2.05) is 65.6 Å². The fourth-order valence-electron chi connectivity index (χ4n) is 3.49. The molecule has 0 radical (unpaired) electrons. The molecule has 0 saturated carbocycles. The van der Waals surface area contributed by atoms with Crippen LogP contribution in [0.1, 0.15) is 0 Å². The van der Waals surface area contributed by atoms with Crippen LogP contribution in [0.3, 0.4) is 0 Å². The fourth-order valence-corrected chi connectivity index (χ4v) is 3.49. The number of nitrogens with one attached hydrogen (secondary N) is 1. The van der Waals surface area contributed by atoms with E-state index in [2.05, 4.69) is 10.2 Å². The number of aromatic amines is 1. The summed E-state index contributed by atoms with van der Waals surface area (Å²) in [4.78, 5) is 6.90. The van der Waals surface area contributed by atoms with Crippen LogP contribution in [0, 0.1) is 0 Å². The number of phenols is 1. The van der Waals surface area contributed by atoms with Crippen LogP contribution in [0.5, 0.6) is 5.75 Å². The van der Waals surface area contributed by atoms with Gasteiger partial charge < -0.3 is 10.8 Å². The summed E-state index contributed by atoms with van der Waals surface area (Å²) in [6, 6.07) is 24.8. The molecular formula is C22H17N5O. The van der Waals surface area contributed by atoms with Gasteiger partial charge in [0.05, 0.1) is 22.1 Å². The zero-order chi connectivity index (χ0) is 19.1. The SMILES string of the molecule is Nc1n[nH]c2c1c(N(c1ccccc1)c1cccc(O)c1)nc1ccccc12. The van der Waals surface area contributed by atoms with Gasteiger partial charge in [-0.25, -0.2) is 4.98 Å². The molecule has 0 saturated heterocycles. The Kier molecular flexibility index (Phi) is 3.62. The van der Waals surface area contributed by atoms with Crippen molar-refractivity contribution in [3.8, 4) is 5.75 Å². The van der Waals surface area contributed by atoms with Gasteiger partial charge in [0.15, 0.2) is 11.6 Å². The third-order valence-corrected chi connectivity index (χ3v) is 4.73. The Hall–Kier alpha value is -4.06. The molecule has 6 nitrogen and oxygen atoms in total. The van der Waals surface area contributed by atoms with Gasteiger partial charge in [-0.3, -0.25) is 10.00 Å². The summed E-state index contributed by atoms with van der Waals surface area (Å²) in [6.45, 7) is 0. The second-order valence-electron chi connectivity index (χ2n) is 6.50. The van der Waals surface area contributed by atoms with Gasteiger partial charge in [-0.05, 0) is 30.3 Å². The quantitative estimate of drug-likeness (QED) is 0.423. The Bertz CT molecular complexity index is 1300. The molecule has 5 aromatic rings. The molecule has 6 heteroatoms. The third kappa shape index (κ3) is 2.51. The van der Waals surface area contributed by atoms with Crippen LogP contribution in [-0.4, -0.2) is 20.3 Å². The minimum absolute atomic E-state index is 0.177. The number of hydrogen-bond acceptors (Lipinski definition) is 5. The lowest BCUT2D eigenvalue weighted by molar-refractivity contribution is 0.475. The lowest BCUT2D eigenvalue weighted by atomic mass is 10.1. The highest BCUT2D eigenvalue weighted by molar-refractivity contribution is 6.13. The van der Waals surface area contributed by atoms with Crippen molar-refractivity contribution in [3.05, 3.63) is 78.9 Å². The minimum Gasteiger partial charge on any atom is -0.508 e. The number of nitrogens with two attached hydrogens (primary N) is 1. The highest BCUT2D eigenvalue weighted by Gasteiger charge is 2.21. The second-order valence-corrected chi connectivity index (χ2v) is 6.50. The number of rotatable bonds is 3. The predicted molar refractivity (Wildman–Crippen MR) is 112 cm³/mol. The second kappa shape index (κ2) is 6.28.